The fourth-order valence-corrected chi connectivity index (χ4v) is 2.25. The average Bonchev–Trinajstić information content (AvgIpc) is 3.12. The third-order valence-corrected chi connectivity index (χ3v) is 3.61. The number of rotatable bonds is 6. The number of ether oxygens (including phenoxy) is 3. The van der Waals surface area contributed by atoms with Gasteiger partial charge in [-0.2, -0.15) is 5.10 Å². The van der Waals surface area contributed by atoms with Gasteiger partial charge in [-0.3, -0.25) is 9.59 Å². The van der Waals surface area contributed by atoms with Crippen molar-refractivity contribution < 1.29 is 23.8 Å². The second-order valence-electron chi connectivity index (χ2n) is 5.49. The molecule has 1 aliphatic rings. The van der Waals surface area contributed by atoms with Gasteiger partial charge in [0.1, 0.15) is 5.75 Å². The number of carbonyl (C=O) groups is 2. The Labute approximate surface area is 149 Å². The smallest absolute Gasteiger partial charge is 0.271 e. The molecule has 0 atom stereocenters. The maximum absolute atomic E-state index is 12.2. The van der Waals surface area contributed by atoms with Crippen molar-refractivity contribution in [1.82, 2.24) is 5.43 Å². The number of nitrogens with two attached hydrogens (primary N) is 1. The summed E-state index contributed by atoms with van der Waals surface area (Å²) in [7, 11) is 0. The Kier molecular flexibility index (Phi) is 5.02. The van der Waals surface area contributed by atoms with Gasteiger partial charge in [0, 0.05) is 5.56 Å². The first-order chi connectivity index (χ1) is 12.5. The highest BCUT2D eigenvalue weighted by Gasteiger charge is 2.16. The molecular weight excluding hydrogens is 338 g/mol. The predicted molar refractivity (Wildman–Crippen MR) is 93.4 cm³/mol. The van der Waals surface area contributed by atoms with Crippen molar-refractivity contribution in [2.75, 3.05) is 13.4 Å². The molecule has 3 N–H and O–H groups in total. The van der Waals surface area contributed by atoms with Crippen LogP contribution in [0.4, 0.5) is 0 Å². The molecule has 0 saturated carbocycles. The van der Waals surface area contributed by atoms with Crippen LogP contribution in [0.25, 0.3) is 0 Å². The van der Waals surface area contributed by atoms with Crippen LogP contribution in [0.5, 0.6) is 17.2 Å². The van der Waals surface area contributed by atoms with Gasteiger partial charge in [0.05, 0.1) is 5.71 Å². The third kappa shape index (κ3) is 4.10. The molecule has 0 spiro atoms. The van der Waals surface area contributed by atoms with Crippen molar-refractivity contribution in [3.05, 3.63) is 53.6 Å². The van der Waals surface area contributed by atoms with Gasteiger partial charge in [-0.25, -0.2) is 5.43 Å². The summed E-state index contributed by atoms with van der Waals surface area (Å²) in [5, 5.41) is 4.10. The van der Waals surface area contributed by atoms with E-state index in [1.807, 2.05) is 0 Å². The van der Waals surface area contributed by atoms with E-state index < -0.39 is 5.91 Å². The molecule has 8 heteroatoms. The summed E-state index contributed by atoms with van der Waals surface area (Å²) >= 11 is 0. The molecular formula is C18H17N3O5. The lowest BCUT2D eigenvalue weighted by molar-refractivity contribution is -0.119. The minimum Gasteiger partial charge on any atom is -0.484 e. The molecule has 1 aliphatic heterocycles. The van der Waals surface area contributed by atoms with Crippen LogP contribution in [0, 0.1) is 0 Å². The zero-order chi connectivity index (χ0) is 18.5. The van der Waals surface area contributed by atoms with Gasteiger partial charge < -0.3 is 19.9 Å². The van der Waals surface area contributed by atoms with Crippen molar-refractivity contribution in [2.24, 2.45) is 10.8 Å². The fraction of sp³-hybridized carbons (Fsp3) is 0.167. The average molecular weight is 355 g/mol. The van der Waals surface area contributed by atoms with E-state index in [4.69, 9.17) is 19.9 Å². The van der Waals surface area contributed by atoms with Gasteiger partial charge in [-0.1, -0.05) is 0 Å². The molecule has 2 amide bonds. The summed E-state index contributed by atoms with van der Waals surface area (Å²) in [6.45, 7) is 1.73. The number of hydrogen-bond acceptors (Lipinski definition) is 6. The Hall–Kier alpha value is -3.55. The molecule has 0 aliphatic carbocycles. The quantitative estimate of drug-likeness (QED) is 0.601. The largest absolute Gasteiger partial charge is 0.484 e. The molecule has 26 heavy (non-hydrogen) atoms. The number of amides is 2. The van der Waals surface area contributed by atoms with Crippen LogP contribution in [-0.4, -0.2) is 30.9 Å². The summed E-state index contributed by atoms with van der Waals surface area (Å²) in [5.41, 5.74) is 9.35. The van der Waals surface area contributed by atoms with E-state index in [1.165, 1.54) is 0 Å². The number of primary amides is 1. The summed E-state index contributed by atoms with van der Waals surface area (Å²) < 4.78 is 15.7. The Morgan fingerprint density at radius 3 is 2.54 bits per heavy atom. The van der Waals surface area contributed by atoms with Crippen LogP contribution in [0.2, 0.25) is 0 Å². The maximum Gasteiger partial charge on any atom is 0.271 e. The van der Waals surface area contributed by atoms with Crippen LogP contribution in [0.3, 0.4) is 0 Å². The molecule has 8 nitrogen and oxygen atoms in total. The van der Waals surface area contributed by atoms with E-state index >= 15 is 0 Å². The zero-order valence-corrected chi connectivity index (χ0v) is 14.0. The topological polar surface area (TPSA) is 112 Å². The van der Waals surface area contributed by atoms with Crippen molar-refractivity contribution in [3.8, 4) is 17.2 Å². The Morgan fingerprint density at radius 1 is 1.12 bits per heavy atom. The standard InChI is InChI=1S/C18H17N3O5/c1-11(12-2-5-14(6-3-12)24-9-17(19)22)20-21-18(23)13-4-7-15-16(8-13)26-10-25-15/h2-8H,9-10H2,1H3,(H2,19,22)(H,21,23). The first-order valence-electron chi connectivity index (χ1n) is 7.79. The number of fused-ring (bicyclic) bond motifs is 1. The van der Waals surface area contributed by atoms with Gasteiger partial charge in [0.15, 0.2) is 18.1 Å². The second kappa shape index (κ2) is 7.56. The number of nitrogens with one attached hydrogen (secondary N) is 1. The van der Waals surface area contributed by atoms with Crippen molar-refractivity contribution >= 4 is 17.5 Å². The summed E-state index contributed by atoms with van der Waals surface area (Å²) in [6, 6.07) is 11.8. The lowest BCUT2D eigenvalue weighted by atomic mass is 10.1. The Bertz CT molecular complexity index is 862. The van der Waals surface area contributed by atoms with Crippen molar-refractivity contribution in [2.45, 2.75) is 6.92 Å². The summed E-state index contributed by atoms with van der Waals surface area (Å²) in [6.07, 6.45) is 0. The molecule has 0 unspecified atom stereocenters. The summed E-state index contributed by atoms with van der Waals surface area (Å²) in [4.78, 5) is 22.9. The molecule has 3 rings (SSSR count). The lowest BCUT2D eigenvalue weighted by Gasteiger charge is -2.06. The SMILES string of the molecule is CC(=NNC(=O)c1ccc2c(c1)OCO2)c1ccc(OCC(N)=O)cc1. The zero-order valence-electron chi connectivity index (χ0n) is 14.0. The number of nitrogens with zero attached hydrogens (tertiary/aromatic N) is 1. The number of hydrogen-bond donors (Lipinski definition) is 2. The molecule has 0 fully saturated rings. The highest BCUT2D eigenvalue weighted by Crippen LogP contribution is 2.32. The van der Waals surface area contributed by atoms with Crippen molar-refractivity contribution in [1.29, 1.82) is 0 Å². The highest BCUT2D eigenvalue weighted by atomic mass is 16.7. The van der Waals surface area contributed by atoms with E-state index in [2.05, 4.69) is 10.5 Å². The maximum atomic E-state index is 12.2. The van der Waals surface area contributed by atoms with Crippen molar-refractivity contribution in [3.63, 3.8) is 0 Å². The molecule has 2 aromatic carbocycles. The molecule has 2 aromatic rings. The van der Waals surface area contributed by atoms with Gasteiger partial charge >= 0.3 is 0 Å². The highest BCUT2D eigenvalue weighted by molar-refractivity contribution is 6.01. The Balaban J connectivity index is 1.62. The van der Waals surface area contributed by atoms with E-state index in [0.717, 1.165) is 5.56 Å². The van der Waals surface area contributed by atoms with Crippen LogP contribution < -0.4 is 25.4 Å². The molecule has 0 aromatic heterocycles. The minimum absolute atomic E-state index is 0.150. The number of hydrazone groups is 1. The third-order valence-electron chi connectivity index (χ3n) is 3.61. The van der Waals surface area contributed by atoms with Gasteiger partial charge in [-0.05, 0) is 55.0 Å². The lowest BCUT2D eigenvalue weighted by Crippen LogP contribution is -2.20. The minimum atomic E-state index is -0.543. The van der Waals surface area contributed by atoms with Crippen LogP contribution in [0.15, 0.2) is 47.6 Å². The molecule has 0 bridgehead atoms. The second-order valence-corrected chi connectivity index (χ2v) is 5.49. The van der Waals surface area contributed by atoms with Gasteiger partial charge in [0.2, 0.25) is 6.79 Å². The predicted octanol–water partition coefficient (Wildman–Crippen LogP) is 1.43. The first-order valence-corrected chi connectivity index (χ1v) is 7.79. The van der Waals surface area contributed by atoms with Gasteiger partial charge in [0.25, 0.3) is 11.8 Å². The van der Waals surface area contributed by atoms with E-state index in [0.29, 0.717) is 28.5 Å². The number of benzene rings is 2. The van der Waals surface area contributed by atoms with Crippen LogP contribution in [0.1, 0.15) is 22.8 Å². The fourth-order valence-electron chi connectivity index (χ4n) is 2.25. The van der Waals surface area contributed by atoms with E-state index in [9.17, 15) is 9.59 Å². The van der Waals surface area contributed by atoms with Crippen LogP contribution >= 0.6 is 0 Å². The Morgan fingerprint density at radius 2 is 1.81 bits per heavy atom. The monoisotopic (exact) mass is 355 g/mol. The molecule has 0 radical (unpaired) electrons. The van der Waals surface area contributed by atoms with E-state index in [-0.39, 0.29) is 19.3 Å². The van der Waals surface area contributed by atoms with Gasteiger partial charge in [-0.15, -0.1) is 0 Å². The van der Waals surface area contributed by atoms with E-state index in [1.54, 1.807) is 49.4 Å². The first kappa shape index (κ1) is 17.3. The summed E-state index contributed by atoms with van der Waals surface area (Å²) in [5.74, 6) is 0.761. The normalized spacial score (nSPS) is 12.6. The van der Waals surface area contributed by atoms with Crippen LogP contribution in [-0.2, 0) is 4.79 Å². The molecule has 134 valence electrons. The number of carbonyl (C=O) groups excluding carboxylic acids is 2. The molecule has 1 heterocycles. The molecule has 0 saturated heterocycles.